The van der Waals surface area contributed by atoms with Crippen molar-refractivity contribution in [2.24, 2.45) is 0 Å². The van der Waals surface area contributed by atoms with Crippen LogP contribution in [-0.2, 0) is 6.54 Å². The maximum atomic E-state index is 13.5. The molecule has 0 aliphatic carbocycles. The van der Waals surface area contributed by atoms with Gasteiger partial charge in [-0.1, -0.05) is 6.92 Å². The van der Waals surface area contributed by atoms with Crippen molar-refractivity contribution < 1.29 is 4.39 Å². The Labute approximate surface area is 121 Å². The molecule has 1 aromatic rings. The predicted molar refractivity (Wildman–Crippen MR) is 82.7 cm³/mol. The SMILES string of the molecule is CCCNCc1cc(F)ccc1N1CCN(C)CC1C. The molecule has 1 heterocycles. The summed E-state index contributed by atoms with van der Waals surface area (Å²) in [6.07, 6.45) is 1.09. The van der Waals surface area contributed by atoms with Crippen molar-refractivity contribution >= 4 is 5.69 Å². The van der Waals surface area contributed by atoms with Crippen LogP contribution < -0.4 is 10.2 Å². The molecule has 20 heavy (non-hydrogen) atoms. The number of likely N-dealkylation sites (N-methyl/N-ethyl adjacent to an activating group) is 1. The van der Waals surface area contributed by atoms with Crippen LogP contribution in [0.1, 0.15) is 25.8 Å². The van der Waals surface area contributed by atoms with Crippen LogP contribution in [-0.4, -0.2) is 44.2 Å². The third kappa shape index (κ3) is 3.70. The lowest BCUT2D eigenvalue weighted by Gasteiger charge is -2.40. The summed E-state index contributed by atoms with van der Waals surface area (Å²) in [4.78, 5) is 4.75. The summed E-state index contributed by atoms with van der Waals surface area (Å²) in [5.41, 5.74) is 2.24. The lowest BCUT2D eigenvalue weighted by atomic mass is 10.1. The number of piperazine rings is 1. The number of nitrogens with zero attached hydrogens (tertiary/aromatic N) is 2. The fourth-order valence-corrected chi connectivity index (χ4v) is 2.87. The molecule has 1 unspecified atom stereocenters. The van der Waals surface area contributed by atoms with Gasteiger partial charge in [0, 0.05) is 37.9 Å². The largest absolute Gasteiger partial charge is 0.366 e. The molecule has 1 fully saturated rings. The molecule has 0 saturated carbocycles. The van der Waals surface area contributed by atoms with Gasteiger partial charge in [-0.2, -0.15) is 0 Å². The lowest BCUT2D eigenvalue weighted by molar-refractivity contribution is 0.275. The standard InChI is InChI=1S/C16H26FN3/c1-4-7-18-11-14-10-15(17)5-6-16(14)20-9-8-19(3)12-13(20)2/h5-6,10,13,18H,4,7-9,11-12H2,1-3H3. The van der Waals surface area contributed by atoms with Crippen LogP contribution in [0.3, 0.4) is 0 Å². The van der Waals surface area contributed by atoms with Crippen LogP contribution in [0.5, 0.6) is 0 Å². The van der Waals surface area contributed by atoms with E-state index in [0.717, 1.165) is 44.7 Å². The fraction of sp³-hybridized carbons (Fsp3) is 0.625. The van der Waals surface area contributed by atoms with E-state index < -0.39 is 0 Å². The normalized spacial score (nSPS) is 20.4. The van der Waals surface area contributed by atoms with Crippen LogP contribution in [0.4, 0.5) is 10.1 Å². The molecule has 0 spiro atoms. The van der Waals surface area contributed by atoms with E-state index in [2.05, 4.69) is 36.0 Å². The van der Waals surface area contributed by atoms with Crippen molar-refractivity contribution in [1.29, 1.82) is 0 Å². The Morgan fingerprint density at radius 1 is 1.35 bits per heavy atom. The summed E-state index contributed by atoms with van der Waals surface area (Å²) < 4.78 is 13.5. The number of hydrogen-bond acceptors (Lipinski definition) is 3. The zero-order valence-electron chi connectivity index (χ0n) is 12.8. The van der Waals surface area contributed by atoms with Gasteiger partial charge in [-0.3, -0.25) is 0 Å². The first kappa shape index (κ1) is 15.3. The molecule has 4 heteroatoms. The highest BCUT2D eigenvalue weighted by Gasteiger charge is 2.23. The molecule has 0 aromatic heterocycles. The van der Waals surface area contributed by atoms with Crippen LogP contribution in [0.25, 0.3) is 0 Å². The number of halogens is 1. The smallest absolute Gasteiger partial charge is 0.123 e. The number of anilines is 1. The van der Waals surface area contributed by atoms with Gasteiger partial charge in [-0.15, -0.1) is 0 Å². The van der Waals surface area contributed by atoms with E-state index in [4.69, 9.17) is 0 Å². The van der Waals surface area contributed by atoms with Crippen molar-refractivity contribution in [3.63, 3.8) is 0 Å². The minimum atomic E-state index is -0.149. The minimum Gasteiger partial charge on any atom is -0.366 e. The van der Waals surface area contributed by atoms with Gasteiger partial charge < -0.3 is 15.1 Å². The first-order valence-electron chi connectivity index (χ1n) is 7.56. The molecule has 3 nitrogen and oxygen atoms in total. The Bertz CT molecular complexity index is 436. The minimum absolute atomic E-state index is 0.149. The van der Waals surface area contributed by atoms with Gasteiger partial charge in [-0.05, 0) is 50.7 Å². The van der Waals surface area contributed by atoms with E-state index in [1.54, 1.807) is 12.1 Å². The molecule has 0 radical (unpaired) electrons. The molecule has 0 bridgehead atoms. The van der Waals surface area contributed by atoms with Crippen LogP contribution in [0, 0.1) is 5.82 Å². The van der Waals surface area contributed by atoms with Gasteiger partial charge in [0.05, 0.1) is 0 Å². The Hall–Kier alpha value is -1.13. The topological polar surface area (TPSA) is 18.5 Å². The molecular formula is C16H26FN3. The van der Waals surface area contributed by atoms with Crippen molar-refractivity contribution in [2.75, 3.05) is 38.1 Å². The molecule has 0 amide bonds. The van der Waals surface area contributed by atoms with Crippen molar-refractivity contribution in [2.45, 2.75) is 32.9 Å². The van der Waals surface area contributed by atoms with Gasteiger partial charge >= 0.3 is 0 Å². The van der Waals surface area contributed by atoms with E-state index in [-0.39, 0.29) is 5.82 Å². The van der Waals surface area contributed by atoms with Gasteiger partial charge in [0.2, 0.25) is 0 Å². The number of nitrogens with one attached hydrogen (secondary N) is 1. The monoisotopic (exact) mass is 279 g/mol. The lowest BCUT2D eigenvalue weighted by Crippen LogP contribution is -2.50. The quantitative estimate of drug-likeness (QED) is 0.835. The van der Waals surface area contributed by atoms with E-state index in [0.29, 0.717) is 6.04 Å². The molecule has 1 aliphatic heterocycles. The zero-order chi connectivity index (χ0) is 14.5. The second-order valence-electron chi connectivity index (χ2n) is 5.75. The Kier molecular flexibility index (Phi) is 5.38. The number of rotatable bonds is 5. The summed E-state index contributed by atoms with van der Waals surface area (Å²) in [6, 6.07) is 5.64. The van der Waals surface area contributed by atoms with Gasteiger partial charge in [0.1, 0.15) is 5.82 Å². The van der Waals surface area contributed by atoms with Gasteiger partial charge in [0.25, 0.3) is 0 Å². The molecule has 1 saturated heterocycles. The maximum Gasteiger partial charge on any atom is 0.123 e. The molecule has 1 aliphatic rings. The van der Waals surface area contributed by atoms with Gasteiger partial charge in [-0.25, -0.2) is 4.39 Å². The Morgan fingerprint density at radius 2 is 2.15 bits per heavy atom. The second kappa shape index (κ2) is 7.04. The van der Waals surface area contributed by atoms with Crippen LogP contribution in [0.15, 0.2) is 18.2 Å². The van der Waals surface area contributed by atoms with Crippen molar-refractivity contribution in [1.82, 2.24) is 10.2 Å². The first-order chi connectivity index (χ1) is 9.61. The Balaban J connectivity index is 2.17. The predicted octanol–water partition coefficient (Wildman–Crippen LogP) is 2.47. The van der Waals surface area contributed by atoms with E-state index in [9.17, 15) is 4.39 Å². The highest BCUT2D eigenvalue weighted by Crippen LogP contribution is 2.25. The van der Waals surface area contributed by atoms with E-state index in [1.165, 1.54) is 5.69 Å². The van der Waals surface area contributed by atoms with E-state index in [1.807, 2.05) is 6.07 Å². The highest BCUT2D eigenvalue weighted by molar-refractivity contribution is 5.55. The molecule has 1 aromatic carbocycles. The third-order valence-electron chi connectivity index (χ3n) is 3.92. The zero-order valence-corrected chi connectivity index (χ0v) is 12.8. The van der Waals surface area contributed by atoms with Crippen LogP contribution >= 0.6 is 0 Å². The summed E-state index contributed by atoms with van der Waals surface area (Å²) in [5.74, 6) is -0.149. The summed E-state index contributed by atoms with van der Waals surface area (Å²) in [6.45, 7) is 9.20. The molecule has 112 valence electrons. The van der Waals surface area contributed by atoms with Gasteiger partial charge in [0.15, 0.2) is 0 Å². The molecule has 1 N–H and O–H groups in total. The highest BCUT2D eigenvalue weighted by atomic mass is 19.1. The average Bonchev–Trinajstić information content (AvgIpc) is 2.40. The van der Waals surface area contributed by atoms with Crippen molar-refractivity contribution in [3.05, 3.63) is 29.6 Å². The number of hydrogen-bond donors (Lipinski definition) is 1. The summed E-state index contributed by atoms with van der Waals surface area (Å²) in [5, 5.41) is 3.38. The second-order valence-corrected chi connectivity index (χ2v) is 5.75. The molecular weight excluding hydrogens is 253 g/mol. The molecule has 2 rings (SSSR count). The fourth-order valence-electron chi connectivity index (χ4n) is 2.87. The average molecular weight is 279 g/mol. The first-order valence-corrected chi connectivity index (χ1v) is 7.56. The number of benzene rings is 1. The van der Waals surface area contributed by atoms with Crippen molar-refractivity contribution in [3.8, 4) is 0 Å². The maximum absolute atomic E-state index is 13.5. The van der Waals surface area contributed by atoms with E-state index >= 15 is 0 Å². The molecule has 1 atom stereocenters. The van der Waals surface area contributed by atoms with Crippen LogP contribution in [0.2, 0.25) is 0 Å². The summed E-state index contributed by atoms with van der Waals surface area (Å²) >= 11 is 0. The third-order valence-corrected chi connectivity index (χ3v) is 3.92. The summed E-state index contributed by atoms with van der Waals surface area (Å²) in [7, 11) is 2.15. The Morgan fingerprint density at radius 3 is 2.85 bits per heavy atom.